The minimum absolute atomic E-state index is 0.112. The Hall–Kier alpha value is -2.13. The van der Waals surface area contributed by atoms with Crippen molar-refractivity contribution in [3.63, 3.8) is 0 Å². The highest BCUT2D eigenvalue weighted by Crippen LogP contribution is 2.24. The van der Waals surface area contributed by atoms with Crippen LogP contribution in [-0.2, 0) is 11.2 Å². The highest BCUT2D eigenvalue weighted by atomic mass is 16.4. The van der Waals surface area contributed by atoms with Gasteiger partial charge < -0.3 is 10.4 Å². The Morgan fingerprint density at radius 3 is 2.05 bits per heavy atom. The van der Waals surface area contributed by atoms with Gasteiger partial charge in [0.15, 0.2) is 0 Å². The van der Waals surface area contributed by atoms with Gasteiger partial charge in [0.2, 0.25) is 0 Å². The average molecular weight is 297 g/mol. The second kappa shape index (κ2) is 9.00. The van der Waals surface area contributed by atoms with Crippen molar-refractivity contribution in [3.8, 4) is 0 Å². The topological polar surface area (TPSA) is 49.3 Å². The van der Waals surface area contributed by atoms with E-state index in [-0.39, 0.29) is 6.42 Å². The maximum absolute atomic E-state index is 10.2. The van der Waals surface area contributed by atoms with Gasteiger partial charge in [0.25, 0.3) is 0 Å². The number of carbonyl (C=O) groups is 1. The summed E-state index contributed by atoms with van der Waals surface area (Å²) in [7, 11) is 0. The van der Waals surface area contributed by atoms with Crippen molar-refractivity contribution in [2.24, 2.45) is 0 Å². The number of hydrogen-bond donors (Lipinski definition) is 2. The largest absolute Gasteiger partial charge is 0.481 e. The van der Waals surface area contributed by atoms with E-state index in [2.05, 4.69) is 35.6 Å². The highest BCUT2D eigenvalue weighted by Gasteiger charge is 2.13. The first-order valence-electron chi connectivity index (χ1n) is 7.77. The molecule has 2 aromatic carbocycles. The summed E-state index contributed by atoms with van der Waals surface area (Å²) >= 11 is 0. The molecular formula is C19H23NO2. The number of nitrogens with one attached hydrogen (secondary N) is 1. The molecule has 1 fully saturated rings. The maximum atomic E-state index is 10.2. The summed E-state index contributed by atoms with van der Waals surface area (Å²) < 4.78 is 0. The van der Waals surface area contributed by atoms with Gasteiger partial charge in [0.1, 0.15) is 0 Å². The van der Waals surface area contributed by atoms with E-state index >= 15 is 0 Å². The van der Waals surface area contributed by atoms with Gasteiger partial charge in [-0.25, -0.2) is 0 Å². The summed E-state index contributed by atoms with van der Waals surface area (Å²) in [6.07, 6.45) is 2.70. The van der Waals surface area contributed by atoms with Crippen molar-refractivity contribution in [1.82, 2.24) is 5.32 Å². The molecule has 0 amide bonds. The molecule has 0 aromatic heterocycles. The number of piperidine rings is 1. The first-order valence-corrected chi connectivity index (χ1v) is 7.77. The fourth-order valence-electron chi connectivity index (χ4n) is 2.65. The molecule has 0 aliphatic carbocycles. The molecule has 3 rings (SSSR count). The van der Waals surface area contributed by atoms with Crippen molar-refractivity contribution in [2.75, 3.05) is 13.1 Å². The zero-order valence-electron chi connectivity index (χ0n) is 12.7. The molecule has 1 saturated heterocycles. The third kappa shape index (κ3) is 5.70. The zero-order chi connectivity index (χ0) is 15.6. The predicted octanol–water partition coefficient (Wildman–Crippen LogP) is 3.47. The predicted molar refractivity (Wildman–Crippen MR) is 89.1 cm³/mol. The molecule has 116 valence electrons. The molecule has 3 nitrogen and oxygen atoms in total. The highest BCUT2D eigenvalue weighted by molar-refractivity contribution is 5.70. The van der Waals surface area contributed by atoms with E-state index in [0.717, 1.165) is 11.5 Å². The monoisotopic (exact) mass is 297 g/mol. The number of aliphatic carboxylic acids is 1. The molecule has 3 heteroatoms. The molecule has 0 spiro atoms. The van der Waals surface area contributed by atoms with Gasteiger partial charge in [-0.1, -0.05) is 60.7 Å². The molecular weight excluding hydrogens is 274 g/mol. The van der Waals surface area contributed by atoms with Crippen LogP contribution < -0.4 is 5.32 Å². The molecule has 1 aliphatic heterocycles. The van der Waals surface area contributed by atoms with E-state index in [4.69, 9.17) is 5.11 Å². The first-order chi connectivity index (χ1) is 10.8. The van der Waals surface area contributed by atoms with Crippen LogP contribution in [0.3, 0.4) is 0 Å². The van der Waals surface area contributed by atoms with Gasteiger partial charge in [-0.05, 0) is 43.0 Å². The Morgan fingerprint density at radius 1 is 0.955 bits per heavy atom. The summed E-state index contributed by atoms with van der Waals surface area (Å²) in [5.41, 5.74) is 2.36. The van der Waals surface area contributed by atoms with Crippen LogP contribution in [0.25, 0.3) is 0 Å². The number of carboxylic acid groups (broad SMARTS) is 1. The van der Waals surface area contributed by atoms with Gasteiger partial charge in [0, 0.05) is 0 Å². The van der Waals surface area contributed by atoms with Crippen LogP contribution in [-0.4, -0.2) is 24.2 Å². The lowest BCUT2D eigenvalue weighted by molar-refractivity contribution is -0.136. The van der Waals surface area contributed by atoms with Crippen molar-refractivity contribution in [3.05, 3.63) is 71.8 Å². The van der Waals surface area contributed by atoms with E-state index in [1.54, 1.807) is 12.1 Å². The fourth-order valence-corrected chi connectivity index (χ4v) is 2.65. The standard InChI is InChI=1S/C11H15N.C8H8O2/c1-2-4-10(5-3-1)11-6-8-12-9-7-11;9-8(10)6-7-4-2-1-3-5-7/h1-5,11-12H,6-9H2;1-5H,6H2,(H,9,10). The Balaban J connectivity index is 0.000000164. The summed E-state index contributed by atoms with van der Waals surface area (Å²) in [6, 6.07) is 20.0. The second-order valence-electron chi connectivity index (χ2n) is 5.49. The molecule has 2 N–H and O–H groups in total. The van der Waals surface area contributed by atoms with Gasteiger partial charge in [0.05, 0.1) is 6.42 Å². The lowest BCUT2D eigenvalue weighted by atomic mass is 9.90. The fraction of sp³-hybridized carbons (Fsp3) is 0.316. The van der Waals surface area contributed by atoms with Crippen LogP contribution in [0.1, 0.15) is 29.9 Å². The summed E-state index contributed by atoms with van der Waals surface area (Å²) in [5.74, 6) is 0.0126. The number of benzene rings is 2. The summed E-state index contributed by atoms with van der Waals surface area (Å²) in [6.45, 7) is 2.36. The van der Waals surface area contributed by atoms with E-state index < -0.39 is 5.97 Å². The molecule has 0 radical (unpaired) electrons. The maximum Gasteiger partial charge on any atom is 0.307 e. The Kier molecular flexibility index (Phi) is 6.65. The van der Waals surface area contributed by atoms with Gasteiger partial charge in [-0.2, -0.15) is 0 Å². The summed E-state index contributed by atoms with van der Waals surface area (Å²) in [4.78, 5) is 10.2. The van der Waals surface area contributed by atoms with Crippen LogP contribution in [0, 0.1) is 0 Å². The number of rotatable bonds is 3. The van der Waals surface area contributed by atoms with E-state index in [1.807, 2.05) is 18.2 Å². The lowest BCUT2D eigenvalue weighted by Crippen LogP contribution is -2.26. The third-order valence-electron chi connectivity index (χ3n) is 3.81. The SMILES string of the molecule is O=C(O)Cc1ccccc1.c1ccc(C2CCNCC2)cc1. The van der Waals surface area contributed by atoms with Crippen LogP contribution >= 0.6 is 0 Å². The van der Waals surface area contributed by atoms with Crippen LogP contribution in [0.2, 0.25) is 0 Å². The Morgan fingerprint density at radius 2 is 1.50 bits per heavy atom. The van der Waals surface area contributed by atoms with Crippen molar-refractivity contribution in [2.45, 2.75) is 25.2 Å². The molecule has 0 saturated carbocycles. The van der Waals surface area contributed by atoms with Crippen molar-refractivity contribution >= 4 is 5.97 Å². The van der Waals surface area contributed by atoms with Crippen molar-refractivity contribution < 1.29 is 9.90 Å². The van der Waals surface area contributed by atoms with Gasteiger partial charge in [-0.15, -0.1) is 0 Å². The Bertz CT molecular complexity index is 548. The quantitative estimate of drug-likeness (QED) is 0.912. The molecule has 1 heterocycles. The van der Waals surface area contributed by atoms with Crippen LogP contribution in [0.15, 0.2) is 60.7 Å². The molecule has 2 aromatic rings. The van der Waals surface area contributed by atoms with Crippen LogP contribution in [0.4, 0.5) is 0 Å². The number of hydrogen-bond acceptors (Lipinski definition) is 2. The molecule has 0 unspecified atom stereocenters. The average Bonchev–Trinajstić information content (AvgIpc) is 2.57. The van der Waals surface area contributed by atoms with Gasteiger partial charge in [-0.3, -0.25) is 4.79 Å². The summed E-state index contributed by atoms with van der Waals surface area (Å²) in [5, 5.41) is 11.8. The first kappa shape index (κ1) is 16.2. The molecule has 0 bridgehead atoms. The Labute approximate surface area is 132 Å². The normalized spacial score (nSPS) is 14.7. The molecule has 22 heavy (non-hydrogen) atoms. The van der Waals surface area contributed by atoms with Crippen LogP contribution in [0.5, 0.6) is 0 Å². The van der Waals surface area contributed by atoms with E-state index in [0.29, 0.717) is 0 Å². The van der Waals surface area contributed by atoms with Gasteiger partial charge >= 0.3 is 5.97 Å². The zero-order valence-corrected chi connectivity index (χ0v) is 12.7. The minimum Gasteiger partial charge on any atom is -0.481 e. The second-order valence-corrected chi connectivity index (χ2v) is 5.49. The third-order valence-corrected chi connectivity index (χ3v) is 3.81. The molecule has 1 aliphatic rings. The lowest BCUT2D eigenvalue weighted by Gasteiger charge is -2.22. The van der Waals surface area contributed by atoms with E-state index in [1.165, 1.54) is 31.5 Å². The minimum atomic E-state index is -0.786. The van der Waals surface area contributed by atoms with Crippen molar-refractivity contribution in [1.29, 1.82) is 0 Å². The smallest absolute Gasteiger partial charge is 0.307 e. The number of carboxylic acids is 1. The van der Waals surface area contributed by atoms with E-state index in [9.17, 15) is 4.79 Å². The molecule has 0 atom stereocenters.